The van der Waals surface area contributed by atoms with E-state index in [0.717, 1.165) is 37.9 Å². The van der Waals surface area contributed by atoms with E-state index in [0.29, 0.717) is 22.6 Å². The van der Waals surface area contributed by atoms with E-state index in [2.05, 4.69) is 44.0 Å². The van der Waals surface area contributed by atoms with Crippen LogP contribution in [0.15, 0.2) is 42.5 Å². The molecule has 0 bridgehead atoms. The molecule has 7 nitrogen and oxygen atoms in total. The zero-order valence-electron chi connectivity index (χ0n) is 21.7. The van der Waals surface area contributed by atoms with Crippen LogP contribution in [0.5, 0.6) is 11.5 Å². The third-order valence-electron chi connectivity index (χ3n) is 7.89. The summed E-state index contributed by atoms with van der Waals surface area (Å²) in [6.45, 7) is 10.1. The second-order valence-electron chi connectivity index (χ2n) is 11.0. The highest BCUT2D eigenvalue weighted by molar-refractivity contribution is 5.95. The molecule has 36 heavy (non-hydrogen) atoms. The molecule has 2 fully saturated rings. The fourth-order valence-electron chi connectivity index (χ4n) is 6.10. The molecule has 2 aromatic carbocycles. The number of hydrogen-bond donors (Lipinski definition) is 1. The van der Waals surface area contributed by atoms with Gasteiger partial charge in [0, 0.05) is 53.2 Å². The maximum absolute atomic E-state index is 13.2. The summed E-state index contributed by atoms with van der Waals surface area (Å²) in [5, 5.41) is 12.5. The van der Waals surface area contributed by atoms with Gasteiger partial charge in [-0.25, -0.2) is 0 Å². The number of carbonyl (C=O) groups excluding carboxylic acids is 2. The summed E-state index contributed by atoms with van der Waals surface area (Å²) >= 11 is 0. The first kappa shape index (κ1) is 25.6. The van der Waals surface area contributed by atoms with Gasteiger partial charge in [-0.1, -0.05) is 27.7 Å². The van der Waals surface area contributed by atoms with Crippen LogP contribution in [0.1, 0.15) is 56.5 Å². The van der Waals surface area contributed by atoms with Gasteiger partial charge in [-0.2, -0.15) is 5.26 Å². The number of nitriles is 1. The number of hydrogen-bond acceptors (Lipinski definition) is 6. The molecular weight excluding hydrogens is 454 g/mol. The summed E-state index contributed by atoms with van der Waals surface area (Å²) in [5.41, 5.74) is 1.52. The number of carbonyl (C=O) groups is 2. The average Bonchev–Trinajstić information content (AvgIpc) is 2.89. The van der Waals surface area contributed by atoms with Gasteiger partial charge >= 0.3 is 0 Å². The lowest BCUT2D eigenvalue weighted by atomic mass is 9.49. The van der Waals surface area contributed by atoms with Crippen LogP contribution >= 0.6 is 0 Å². The number of nitrogens with zero attached hydrogens (tertiary/aromatic N) is 2. The van der Waals surface area contributed by atoms with Crippen LogP contribution in [-0.4, -0.2) is 44.5 Å². The lowest BCUT2D eigenvalue weighted by molar-refractivity contribution is -0.164. The Hall–Kier alpha value is -3.53. The molecule has 1 saturated carbocycles. The standard InChI is InChI=1S/C29H35N3O4/c1-28(2)26(29(3,4)27(28)36-23-11-8-21(17-30)24(16-23)35-5)31-25(34)20-6-9-22(10-7-20)32-14-12-19(18-33)13-15-32/h6-11,16,18-19,26-27H,12-15H2,1-5H3,(H,31,34)/t26-,27-. The Morgan fingerprint density at radius 2 is 1.72 bits per heavy atom. The van der Waals surface area contributed by atoms with Crippen molar-refractivity contribution >= 4 is 17.9 Å². The summed E-state index contributed by atoms with van der Waals surface area (Å²) in [6, 6.07) is 14.9. The van der Waals surface area contributed by atoms with Gasteiger partial charge < -0.3 is 24.5 Å². The van der Waals surface area contributed by atoms with Crippen molar-refractivity contribution in [1.82, 2.24) is 5.32 Å². The quantitative estimate of drug-likeness (QED) is 0.572. The van der Waals surface area contributed by atoms with E-state index in [4.69, 9.17) is 9.47 Å². The molecule has 0 aromatic heterocycles. The summed E-state index contributed by atoms with van der Waals surface area (Å²) in [6.07, 6.45) is 2.65. The number of rotatable bonds is 7. The molecule has 1 aliphatic carbocycles. The van der Waals surface area contributed by atoms with Gasteiger partial charge in [0.2, 0.25) is 0 Å². The number of ether oxygens (including phenoxy) is 2. The highest BCUT2D eigenvalue weighted by Crippen LogP contribution is 2.55. The molecule has 0 unspecified atom stereocenters. The van der Waals surface area contributed by atoms with Crippen molar-refractivity contribution in [1.29, 1.82) is 5.26 Å². The second kappa shape index (κ2) is 9.85. The molecule has 1 heterocycles. The highest BCUT2D eigenvalue weighted by atomic mass is 16.5. The Morgan fingerprint density at radius 1 is 1.08 bits per heavy atom. The van der Waals surface area contributed by atoms with Crippen LogP contribution in [0, 0.1) is 28.1 Å². The van der Waals surface area contributed by atoms with E-state index in [1.807, 2.05) is 24.3 Å². The summed E-state index contributed by atoms with van der Waals surface area (Å²) < 4.78 is 11.7. The molecule has 0 spiro atoms. The Balaban J connectivity index is 1.41. The normalized spacial score (nSPS) is 22.6. The summed E-state index contributed by atoms with van der Waals surface area (Å²) in [5.74, 6) is 1.17. The minimum atomic E-state index is -0.316. The largest absolute Gasteiger partial charge is 0.495 e. The molecule has 4 rings (SSSR count). The van der Waals surface area contributed by atoms with Crippen molar-refractivity contribution in [3.05, 3.63) is 53.6 Å². The van der Waals surface area contributed by atoms with Crippen LogP contribution in [0.4, 0.5) is 5.69 Å². The SMILES string of the molecule is COc1cc(O[C@H]2C(C)(C)[C@H](NC(=O)c3ccc(N4CCC(C=O)CC4)cc3)C2(C)C)ccc1C#N. The van der Waals surface area contributed by atoms with E-state index in [1.54, 1.807) is 18.2 Å². The topological polar surface area (TPSA) is 91.7 Å². The van der Waals surface area contributed by atoms with Crippen LogP contribution in [0.3, 0.4) is 0 Å². The molecule has 2 aliphatic rings. The third-order valence-corrected chi connectivity index (χ3v) is 7.89. The third kappa shape index (κ3) is 4.65. The second-order valence-corrected chi connectivity index (χ2v) is 11.0. The van der Waals surface area contributed by atoms with Crippen molar-refractivity contribution in [2.75, 3.05) is 25.1 Å². The van der Waals surface area contributed by atoms with E-state index in [-0.39, 0.29) is 34.8 Å². The fraction of sp³-hybridized carbons (Fsp3) is 0.483. The molecule has 2 aromatic rings. The number of aldehydes is 1. The molecule has 0 atom stereocenters. The smallest absolute Gasteiger partial charge is 0.251 e. The van der Waals surface area contributed by atoms with Gasteiger partial charge in [-0.05, 0) is 49.2 Å². The maximum atomic E-state index is 13.2. The first-order chi connectivity index (χ1) is 17.1. The van der Waals surface area contributed by atoms with Crippen LogP contribution in [-0.2, 0) is 4.79 Å². The Bertz CT molecular complexity index is 1140. The first-order valence-electron chi connectivity index (χ1n) is 12.5. The lowest BCUT2D eigenvalue weighted by Crippen LogP contribution is -2.74. The van der Waals surface area contributed by atoms with E-state index in [1.165, 1.54) is 7.11 Å². The van der Waals surface area contributed by atoms with Crippen molar-refractivity contribution in [3.63, 3.8) is 0 Å². The van der Waals surface area contributed by atoms with Gasteiger partial charge in [0.05, 0.1) is 12.7 Å². The van der Waals surface area contributed by atoms with Crippen molar-refractivity contribution in [2.24, 2.45) is 16.7 Å². The predicted octanol–water partition coefficient (Wildman–Crippen LogP) is 4.59. The predicted molar refractivity (Wildman–Crippen MR) is 138 cm³/mol. The molecule has 190 valence electrons. The van der Waals surface area contributed by atoms with E-state index < -0.39 is 0 Å². The molecule has 0 radical (unpaired) electrons. The Kier molecular flexibility index (Phi) is 6.99. The van der Waals surface area contributed by atoms with Crippen molar-refractivity contribution < 1.29 is 19.1 Å². The fourth-order valence-corrected chi connectivity index (χ4v) is 6.10. The molecular formula is C29H35N3O4. The number of anilines is 1. The number of piperidine rings is 1. The average molecular weight is 490 g/mol. The van der Waals surface area contributed by atoms with Gasteiger partial charge in [0.25, 0.3) is 5.91 Å². The molecule has 1 amide bonds. The van der Waals surface area contributed by atoms with E-state index >= 15 is 0 Å². The van der Waals surface area contributed by atoms with Gasteiger partial charge in [-0.3, -0.25) is 4.79 Å². The van der Waals surface area contributed by atoms with Crippen LogP contribution < -0.4 is 19.7 Å². The van der Waals surface area contributed by atoms with Gasteiger partial charge in [-0.15, -0.1) is 0 Å². The summed E-state index contributed by atoms with van der Waals surface area (Å²) in [7, 11) is 1.53. The summed E-state index contributed by atoms with van der Waals surface area (Å²) in [4.78, 5) is 26.4. The van der Waals surface area contributed by atoms with Crippen LogP contribution in [0.2, 0.25) is 0 Å². The number of amides is 1. The zero-order chi connectivity index (χ0) is 26.1. The number of methoxy groups -OCH3 is 1. The Labute approximate surface area is 213 Å². The minimum absolute atomic E-state index is 0.0928. The van der Waals surface area contributed by atoms with E-state index in [9.17, 15) is 14.9 Å². The monoisotopic (exact) mass is 489 g/mol. The number of nitrogens with one attached hydrogen (secondary N) is 1. The first-order valence-corrected chi connectivity index (χ1v) is 12.5. The van der Waals surface area contributed by atoms with Gasteiger partial charge in [0.1, 0.15) is 30.0 Å². The van der Waals surface area contributed by atoms with Crippen LogP contribution in [0.25, 0.3) is 0 Å². The molecule has 7 heteroatoms. The number of benzene rings is 2. The van der Waals surface area contributed by atoms with Crippen molar-refractivity contribution in [2.45, 2.75) is 52.7 Å². The Morgan fingerprint density at radius 3 is 2.28 bits per heavy atom. The molecule has 1 N–H and O–H groups in total. The van der Waals surface area contributed by atoms with Crippen molar-refractivity contribution in [3.8, 4) is 17.6 Å². The lowest BCUT2D eigenvalue weighted by Gasteiger charge is -2.63. The maximum Gasteiger partial charge on any atom is 0.251 e. The minimum Gasteiger partial charge on any atom is -0.495 e. The molecule has 1 saturated heterocycles. The zero-order valence-corrected chi connectivity index (χ0v) is 21.7. The highest BCUT2D eigenvalue weighted by Gasteiger charge is 2.64. The molecule has 1 aliphatic heterocycles. The van der Waals surface area contributed by atoms with Gasteiger partial charge in [0.15, 0.2) is 0 Å².